The van der Waals surface area contributed by atoms with Crippen LogP contribution in [0.4, 0.5) is 0 Å². The molecule has 0 bridgehead atoms. The van der Waals surface area contributed by atoms with Gasteiger partial charge in [-0.05, 0) is 24.8 Å². The van der Waals surface area contributed by atoms with Crippen LogP contribution in [0.5, 0.6) is 0 Å². The smallest absolute Gasteiger partial charge is 0.103 e. The van der Waals surface area contributed by atoms with Crippen molar-refractivity contribution >= 4 is 11.3 Å². The molecule has 0 aromatic carbocycles. The third kappa shape index (κ3) is 3.89. The van der Waals surface area contributed by atoms with Crippen LogP contribution in [-0.2, 0) is 13.1 Å². The van der Waals surface area contributed by atoms with Crippen LogP contribution in [0.15, 0.2) is 23.7 Å². The largest absolute Gasteiger partial charge is 0.395 e. The van der Waals surface area contributed by atoms with Crippen molar-refractivity contribution in [1.82, 2.24) is 14.9 Å². The lowest BCUT2D eigenvalue weighted by Gasteiger charge is -2.28. The molecule has 5 heteroatoms. The van der Waals surface area contributed by atoms with Gasteiger partial charge in [-0.2, -0.15) is 0 Å². The van der Waals surface area contributed by atoms with Crippen molar-refractivity contribution in [3.63, 3.8) is 0 Å². The minimum atomic E-state index is 0.186. The molecule has 0 saturated heterocycles. The second-order valence-corrected chi connectivity index (χ2v) is 5.76. The van der Waals surface area contributed by atoms with Crippen molar-refractivity contribution in [1.29, 1.82) is 0 Å². The Morgan fingerprint density at radius 1 is 1.47 bits per heavy atom. The highest BCUT2D eigenvalue weighted by Crippen LogP contribution is 2.17. The predicted molar refractivity (Wildman–Crippen MR) is 78.1 cm³/mol. The van der Waals surface area contributed by atoms with Crippen LogP contribution in [0.25, 0.3) is 0 Å². The molecule has 1 atom stereocenters. The lowest BCUT2D eigenvalue weighted by molar-refractivity contribution is 0.106. The third-order valence-corrected chi connectivity index (χ3v) is 4.13. The third-order valence-electron chi connectivity index (χ3n) is 3.27. The van der Waals surface area contributed by atoms with Crippen molar-refractivity contribution < 1.29 is 5.11 Å². The van der Waals surface area contributed by atoms with Gasteiger partial charge in [0.15, 0.2) is 0 Å². The number of aliphatic hydroxyl groups excluding tert-OH is 1. The highest BCUT2D eigenvalue weighted by Gasteiger charge is 2.18. The number of aryl methyl sites for hydroxylation is 1. The highest BCUT2D eigenvalue weighted by atomic mass is 32.1. The number of aromatic nitrogens is 2. The van der Waals surface area contributed by atoms with E-state index < -0.39 is 0 Å². The first kappa shape index (κ1) is 14.2. The molecule has 0 aliphatic rings. The molecule has 104 valence electrons. The Bertz CT molecular complexity index is 477. The van der Waals surface area contributed by atoms with E-state index in [4.69, 9.17) is 0 Å². The molecule has 0 spiro atoms. The van der Waals surface area contributed by atoms with E-state index in [9.17, 15) is 5.11 Å². The van der Waals surface area contributed by atoms with Crippen LogP contribution < -0.4 is 0 Å². The van der Waals surface area contributed by atoms with Crippen LogP contribution in [0.3, 0.4) is 0 Å². The number of aliphatic hydroxyl groups is 1. The van der Waals surface area contributed by atoms with E-state index in [1.54, 1.807) is 11.3 Å². The van der Waals surface area contributed by atoms with Gasteiger partial charge in [-0.15, -0.1) is 11.3 Å². The van der Waals surface area contributed by atoms with Gasteiger partial charge in [-0.25, -0.2) is 4.98 Å². The van der Waals surface area contributed by atoms with Gasteiger partial charge in [0.1, 0.15) is 5.82 Å². The molecule has 0 aliphatic heterocycles. The number of H-pyrrole nitrogens is 1. The fraction of sp³-hybridized carbons (Fsp3) is 0.500. The van der Waals surface area contributed by atoms with Gasteiger partial charge < -0.3 is 10.1 Å². The zero-order valence-corrected chi connectivity index (χ0v) is 12.3. The van der Waals surface area contributed by atoms with Gasteiger partial charge in [-0.3, -0.25) is 4.90 Å². The molecule has 0 saturated carbocycles. The maximum Gasteiger partial charge on any atom is 0.103 e. The maximum atomic E-state index is 9.54. The Morgan fingerprint density at radius 3 is 2.84 bits per heavy atom. The minimum Gasteiger partial charge on any atom is -0.395 e. The predicted octanol–water partition coefficient (Wildman–Crippen LogP) is 2.55. The van der Waals surface area contributed by atoms with Crippen molar-refractivity contribution in [2.75, 3.05) is 6.61 Å². The Kier molecular flexibility index (Phi) is 5.13. The Hall–Kier alpha value is -1.17. The summed E-state index contributed by atoms with van der Waals surface area (Å²) < 4.78 is 0. The summed E-state index contributed by atoms with van der Waals surface area (Å²) in [7, 11) is 0. The average Bonchev–Trinajstić information content (AvgIpc) is 3.03. The van der Waals surface area contributed by atoms with Crippen molar-refractivity contribution in [2.45, 2.75) is 39.4 Å². The molecule has 4 nitrogen and oxygen atoms in total. The SMILES string of the molecule is CCC(CO)N(Cc1cnc(C)[nH]1)Cc1cccs1. The Balaban J connectivity index is 2.09. The second kappa shape index (κ2) is 6.84. The first-order valence-electron chi connectivity index (χ1n) is 6.60. The fourth-order valence-electron chi connectivity index (χ4n) is 2.19. The van der Waals surface area contributed by atoms with Crippen LogP contribution in [0.1, 0.15) is 29.7 Å². The number of thiophene rings is 1. The summed E-state index contributed by atoms with van der Waals surface area (Å²) >= 11 is 1.76. The maximum absolute atomic E-state index is 9.54. The summed E-state index contributed by atoms with van der Waals surface area (Å²) in [4.78, 5) is 11.1. The van der Waals surface area contributed by atoms with E-state index in [1.807, 2.05) is 13.1 Å². The summed E-state index contributed by atoms with van der Waals surface area (Å²) in [5, 5.41) is 11.6. The van der Waals surface area contributed by atoms with Crippen molar-refractivity contribution in [3.05, 3.63) is 40.1 Å². The summed E-state index contributed by atoms with van der Waals surface area (Å²) in [6.45, 7) is 5.92. The first-order valence-corrected chi connectivity index (χ1v) is 7.48. The number of nitrogens with zero attached hydrogens (tertiary/aromatic N) is 2. The molecule has 0 amide bonds. The van der Waals surface area contributed by atoms with Gasteiger partial charge >= 0.3 is 0 Å². The number of rotatable bonds is 7. The Morgan fingerprint density at radius 2 is 2.32 bits per heavy atom. The number of aromatic amines is 1. The van der Waals surface area contributed by atoms with E-state index in [1.165, 1.54) is 4.88 Å². The van der Waals surface area contributed by atoms with Crippen LogP contribution in [0.2, 0.25) is 0 Å². The number of hydrogen-bond donors (Lipinski definition) is 2. The lowest BCUT2D eigenvalue weighted by Crippen LogP contribution is -2.36. The highest BCUT2D eigenvalue weighted by molar-refractivity contribution is 7.09. The van der Waals surface area contributed by atoms with Crippen molar-refractivity contribution in [2.24, 2.45) is 0 Å². The number of nitrogens with one attached hydrogen (secondary N) is 1. The molecule has 2 aromatic heterocycles. The second-order valence-electron chi connectivity index (χ2n) is 4.72. The lowest BCUT2D eigenvalue weighted by atomic mass is 10.2. The van der Waals surface area contributed by atoms with Gasteiger partial charge in [0, 0.05) is 35.9 Å². The van der Waals surface area contributed by atoms with Gasteiger partial charge in [0.05, 0.1) is 6.61 Å². The normalized spacial score (nSPS) is 13.1. The summed E-state index contributed by atoms with van der Waals surface area (Å²) in [6.07, 6.45) is 2.82. The van der Waals surface area contributed by atoms with E-state index in [0.717, 1.165) is 31.0 Å². The molecule has 19 heavy (non-hydrogen) atoms. The molecular formula is C14H21N3OS. The average molecular weight is 279 g/mol. The standard InChI is InChI=1S/C14H21N3OS/c1-3-13(10-18)17(9-14-5-4-6-19-14)8-12-7-15-11(2)16-12/h4-7,13,18H,3,8-10H2,1-2H3,(H,15,16). The molecule has 2 N–H and O–H groups in total. The Labute approximate surface area is 118 Å². The fourth-order valence-corrected chi connectivity index (χ4v) is 2.92. The summed E-state index contributed by atoms with van der Waals surface area (Å²) in [6, 6.07) is 4.39. The molecule has 1 unspecified atom stereocenters. The molecule has 0 radical (unpaired) electrons. The molecule has 0 aliphatic carbocycles. The monoisotopic (exact) mass is 279 g/mol. The van der Waals surface area contributed by atoms with Crippen LogP contribution >= 0.6 is 11.3 Å². The van der Waals surface area contributed by atoms with E-state index in [2.05, 4.69) is 39.3 Å². The zero-order valence-electron chi connectivity index (χ0n) is 11.5. The van der Waals surface area contributed by atoms with Crippen molar-refractivity contribution in [3.8, 4) is 0 Å². The van der Waals surface area contributed by atoms with Crippen LogP contribution in [-0.4, -0.2) is 32.6 Å². The zero-order chi connectivity index (χ0) is 13.7. The van der Waals surface area contributed by atoms with E-state index >= 15 is 0 Å². The minimum absolute atomic E-state index is 0.186. The molecule has 2 heterocycles. The summed E-state index contributed by atoms with van der Waals surface area (Å²) in [5.74, 6) is 0.933. The molecule has 0 fully saturated rings. The number of hydrogen-bond acceptors (Lipinski definition) is 4. The summed E-state index contributed by atoms with van der Waals surface area (Å²) in [5.41, 5.74) is 1.10. The number of imidazole rings is 1. The quantitative estimate of drug-likeness (QED) is 0.819. The molecule has 2 aromatic rings. The van der Waals surface area contributed by atoms with Crippen LogP contribution in [0, 0.1) is 6.92 Å². The topological polar surface area (TPSA) is 52.1 Å². The molecule has 2 rings (SSSR count). The van der Waals surface area contributed by atoms with E-state index in [-0.39, 0.29) is 12.6 Å². The molecular weight excluding hydrogens is 258 g/mol. The van der Waals surface area contributed by atoms with Gasteiger partial charge in [0.2, 0.25) is 0 Å². The van der Waals surface area contributed by atoms with Gasteiger partial charge in [0.25, 0.3) is 0 Å². The van der Waals surface area contributed by atoms with Gasteiger partial charge in [-0.1, -0.05) is 13.0 Å². The van der Waals surface area contributed by atoms with E-state index in [0.29, 0.717) is 0 Å². The first-order chi connectivity index (χ1) is 9.22.